The minimum Gasteiger partial charge on any atom is -0.480 e. The van der Waals surface area contributed by atoms with E-state index in [1.165, 1.54) is 68.7 Å². The van der Waals surface area contributed by atoms with Crippen molar-refractivity contribution >= 4 is 6.09 Å². The number of amides is 1. The maximum atomic E-state index is 12.7. The molecule has 5 aliphatic rings. The van der Waals surface area contributed by atoms with Crippen LogP contribution in [0.2, 0.25) is 0 Å². The van der Waals surface area contributed by atoms with Gasteiger partial charge in [-0.1, -0.05) is 6.07 Å². The van der Waals surface area contributed by atoms with Gasteiger partial charge in [0.25, 0.3) is 0 Å². The van der Waals surface area contributed by atoms with Gasteiger partial charge in [-0.3, -0.25) is 0 Å². The van der Waals surface area contributed by atoms with Crippen LogP contribution in [0, 0.1) is 18.3 Å². The Kier molecular flexibility index (Phi) is 5.40. The Morgan fingerprint density at radius 1 is 1.08 bits per heavy atom. The third-order valence-electron chi connectivity index (χ3n) is 10.00. The van der Waals surface area contributed by atoms with Gasteiger partial charge in [-0.25, -0.2) is 9.78 Å². The molecule has 198 valence electrons. The lowest BCUT2D eigenvalue weighted by Gasteiger charge is -2.51. The monoisotopic (exact) mass is 504 g/mol. The Bertz CT molecular complexity index is 1210. The Morgan fingerprint density at radius 3 is 2.51 bits per heavy atom. The third-order valence-corrected chi connectivity index (χ3v) is 10.00. The van der Waals surface area contributed by atoms with Gasteiger partial charge in [-0.15, -0.1) is 0 Å². The zero-order valence-electron chi connectivity index (χ0n) is 22.6. The largest absolute Gasteiger partial charge is 0.480 e. The van der Waals surface area contributed by atoms with Crippen molar-refractivity contribution in [2.75, 3.05) is 39.8 Å². The van der Waals surface area contributed by atoms with E-state index in [1.54, 1.807) is 0 Å². The number of aryl methyl sites for hydroxylation is 1. The maximum absolute atomic E-state index is 12.7. The molecular formula is C30H40N4O3. The van der Waals surface area contributed by atoms with Crippen molar-refractivity contribution in [3.8, 4) is 17.0 Å². The van der Waals surface area contributed by atoms with Crippen molar-refractivity contribution in [1.82, 2.24) is 19.4 Å². The molecule has 2 spiro atoms. The second-order valence-corrected chi connectivity index (χ2v) is 12.7. The van der Waals surface area contributed by atoms with Gasteiger partial charge < -0.3 is 23.8 Å². The number of carbonyl (C=O) groups is 1. The molecule has 1 aromatic heterocycles. The van der Waals surface area contributed by atoms with Crippen molar-refractivity contribution in [3.63, 3.8) is 0 Å². The van der Waals surface area contributed by atoms with Crippen LogP contribution >= 0.6 is 0 Å². The summed E-state index contributed by atoms with van der Waals surface area (Å²) in [6, 6.07) is 6.49. The number of carbonyl (C=O) groups excluding carboxylic acids is 1. The van der Waals surface area contributed by atoms with Crippen molar-refractivity contribution in [2.45, 2.75) is 69.8 Å². The Labute approximate surface area is 220 Å². The number of fused-ring (bicyclic) bond motifs is 4. The molecule has 7 heteroatoms. The summed E-state index contributed by atoms with van der Waals surface area (Å²) >= 11 is 0. The van der Waals surface area contributed by atoms with Crippen LogP contribution in [0.1, 0.15) is 74.4 Å². The van der Waals surface area contributed by atoms with E-state index in [0.29, 0.717) is 36.9 Å². The predicted octanol–water partition coefficient (Wildman–Crippen LogP) is 5.22. The van der Waals surface area contributed by atoms with Gasteiger partial charge >= 0.3 is 6.09 Å². The fourth-order valence-corrected chi connectivity index (χ4v) is 7.38. The van der Waals surface area contributed by atoms with Crippen LogP contribution < -0.4 is 4.74 Å². The number of rotatable bonds is 3. The number of benzene rings is 1. The molecule has 4 fully saturated rings. The standard InChI is InChI=1S/C30H40N4O3/c1-20-4-7-23-24(16-20)37-30(10-14-34(15-11-30)28(35)36-19-21-5-6-21)26-25(23)31-27(33(26)3)22-17-29(18-22)8-12-32(2)13-9-29/h4,7,16,21-22H,5-6,8-15,17-19H2,1-3H3. The number of aromatic nitrogens is 2. The topological polar surface area (TPSA) is 59.8 Å². The highest BCUT2D eigenvalue weighted by Crippen LogP contribution is 2.58. The number of likely N-dealkylation sites (tertiary alicyclic amines) is 2. The first-order chi connectivity index (χ1) is 17.8. The van der Waals surface area contributed by atoms with Gasteiger partial charge in [-0.2, -0.15) is 0 Å². The quantitative estimate of drug-likeness (QED) is 0.574. The minimum absolute atomic E-state index is 0.169. The summed E-state index contributed by atoms with van der Waals surface area (Å²) in [6.45, 7) is 6.40. The van der Waals surface area contributed by atoms with Crippen molar-refractivity contribution in [3.05, 3.63) is 35.3 Å². The molecule has 1 amide bonds. The smallest absolute Gasteiger partial charge is 0.409 e. The molecule has 0 unspecified atom stereocenters. The molecule has 1 aromatic carbocycles. The molecule has 4 heterocycles. The van der Waals surface area contributed by atoms with Gasteiger partial charge in [0.15, 0.2) is 5.60 Å². The van der Waals surface area contributed by atoms with Crippen LogP contribution in [0.5, 0.6) is 5.75 Å². The SMILES string of the molecule is Cc1ccc2c(c1)OC1(CCN(C(=O)OCC3CC3)CC1)c1c-2nc(C2CC3(CCN(C)CC3)C2)n1C. The molecule has 7 nitrogen and oxygen atoms in total. The number of ether oxygens (including phenoxy) is 2. The molecule has 2 saturated heterocycles. The first-order valence-electron chi connectivity index (χ1n) is 14.3. The molecular weight excluding hydrogens is 464 g/mol. The maximum Gasteiger partial charge on any atom is 0.409 e. The van der Waals surface area contributed by atoms with Crippen molar-refractivity contribution in [2.24, 2.45) is 18.4 Å². The fraction of sp³-hybridized carbons (Fsp3) is 0.667. The molecule has 37 heavy (non-hydrogen) atoms. The van der Waals surface area contributed by atoms with Crippen LogP contribution in [-0.2, 0) is 17.4 Å². The molecule has 0 radical (unpaired) electrons. The van der Waals surface area contributed by atoms with Gasteiger partial charge in [0, 0.05) is 44.5 Å². The molecule has 7 rings (SSSR count). The van der Waals surface area contributed by atoms with E-state index in [0.717, 1.165) is 29.8 Å². The zero-order valence-corrected chi connectivity index (χ0v) is 22.6. The van der Waals surface area contributed by atoms with Crippen LogP contribution in [0.25, 0.3) is 11.3 Å². The van der Waals surface area contributed by atoms with E-state index >= 15 is 0 Å². The number of imidazole rings is 1. The van der Waals surface area contributed by atoms with Crippen LogP contribution in [0.15, 0.2) is 18.2 Å². The second kappa shape index (κ2) is 8.48. The number of hydrogen-bond donors (Lipinski definition) is 0. The number of nitrogens with zero attached hydrogens (tertiary/aromatic N) is 4. The average Bonchev–Trinajstić information content (AvgIpc) is 3.63. The van der Waals surface area contributed by atoms with E-state index in [4.69, 9.17) is 14.5 Å². The van der Waals surface area contributed by atoms with Crippen LogP contribution in [0.4, 0.5) is 4.79 Å². The molecule has 0 bridgehead atoms. The summed E-state index contributed by atoms with van der Waals surface area (Å²) in [5.74, 6) is 3.25. The summed E-state index contributed by atoms with van der Waals surface area (Å²) < 4.78 is 14.9. The van der Waals surface area contributed by atoms with E-state index in [-0.39, 0.29) is 6.09 Å². The molecule has 0 atom stereocenters. The van der Waals surface area contributed by atoms with Gasteiger partial charge in [0.2, 0.25) is 0 Å². The predicted molar refractivity (Wildman–Crippen MR) is 142 cm³/mol. The van der Waals surface area contributed by atoms with Crippen LogP contribution in [0.3, 0.4) is 0 Å². The van der Waals surface area contributed by atoms with Crippen LogP contribution in [-0.4, -0.2) is 65.3 Å². The van der Waals surface area contributed by atoms with E-state index < -0.39 is 5.60 Å². The highest BCUT2D eigenvalue weighted by molar-refractivity contribution is 5.74. The number of hydrogen-bond acceptors (Lipinski definition) is 5. The molecule has 0 N–H and O–H groups in total. The number of piperidine rings is 2. The zero-order chi connectivity index (χ0) is 25.4. The lowest BCUT2D eigenvalue weighted by molar-refractivity contribution is -0.0118. The summed E-state index contributed by atoms with van der Waals surface area (Å²) in [4.78, 5) is 22.4. The summed E-state index contributed by atoms with van der Waals surface area (Å²) in [6.07, 6.45) is 8.84. The summed E-state index contributed by atoms with van der Waals surface area (Å²) in [5, 5.41) is 0. The van der Waals surface area contributed by atoms with Crippen molar-refractivity contribution < 1.29 is 14.3 Å². The Balaban J connectivity index is 1.17. The summed E-state index contributed by atoms with van der Waals surface area (Å²) in [7, 11) is 4.44. The van der Waals surface area contributed by atoms with E-state index in [9.17, 15) is 4.79 Å². The van der Waals surface area contributed by atoms with E-state index in [1.807, 2.05) is 4.90 Å². The average molecular weight is 505 g/mol. The van der Waals surface area contributed by atoms with Gasteiger partial charge in [-0.05, 0) is 94.6 Å². The van der Waals surface area contributed by atoms with Crippen molar-refractivity contribution in [1.29, 1.82) is 0 Å². The Hall–Kier alpha value is -2.54. The van der Waals surface area contributed by atoms with E-state index in [2.05, 4.69) is 48.7 Å². The highest BCUT2D eigenvalue weighted by Gasteiger charge is 2.51. The second-order valence-electron chi connectivity index (χ2n) is 12.7. The lowest BCUT2D eigenvalue weighted by Crippen LogP contribution is -2.50. The van der Waals surface area contributed by atoms with Gasteiger partial charge in [0.05, 0.1) is 18.0 Å². The molecule has 2 aliphatic carbocycles. The first-order valence-corrected chi connectivity index (χ1v) is 14.3. The Morgan fingerprint density at radius 2 is 1.81 bits per heavy atom. The molecule has 3 aliphatic heterocycles. The minimum atomic E-state index is -0.460. The first kappa shape index (κ1) is 23.6. The normalized spacial score (nSPS) is 24.4. The fourth-order valence-electron chi connectivity index (χ4n) is 7.38. The highest BCUT2D eigenvalue weighted by atomic mass is 16.6. The molecule has 2 saturated carbocycles. The third kappa shape index (κ3) is 3.96. The lowest BCUT2D eigenvalue weighted by atomic mass is 9.57. The van der Waals surface area contributed by atoms with Gasteiger partial charge in [0.1, 0.15) is 11.6 Å². The molecule has 2 aromatic rings. The summed E-state index contributed by atoms with van der Waals surface area (Å²) in [5.41, 5.74) is 4.64.